The molecule has 2 aliphatic carbocycles. The van der Waals surface area contributed by atoms with Crippen LogP contribution in [0, 0.1) is 23.7 Å². The molecule has 0 saturated heterocycles. The van der Waals surface area contributed by atoms with Crippen molar-refractivity contribution in [3.05, 3.63) is 12.2 Å². The zero-order valence-electron chi connectivity index (χ0n) is 9.63. The highest BCUT2D eigenvalue weighted by atomic mass is 32.1. The summed E-state index contributed by atoms with van der Waals surface area (Å²) in [6, 6.07) is 0. The van der Waals surface area contributed by atoms with E-state index < -0.39 is 0 Å². The van der Waals surface area contributed by atoms with Gasteiger partial charge in [0.1, 0.15) is 0 Å². The number of carbonyl (C=O) groups excluding carboxylic acids is 2. The number of hydrogen-bond acceptors (Lipinski definition) is 5. The zero-order valence-corrected chi connectivity index (χ0v) is 10.4. The Kier molecular flexibility index (Phi) is 3.76. The lowest BCUT2D eigenvalue weighted by Gasteiger charge is -2.24. The number of hydrogen-bond donors (Lipinski definition) is 0. The summed E-state index contributed by atoms with van der Waals surface area (Å²) >= 11 is 4.73. The predicted octanol–water partition coefficient (Wildman–Crippen LogP) is 0.688. The van der Waals surface area contributed by atoms with E-state index >= 15 is 0 Å². The summed E-state index contributed by atoms with van der Waals surface area (Å²) in [5, 5.41) is 0. The fraction of sp³-hybridized carbons (Fsp3) is 0.667. The molecule has 0 aromatic rings. The third kappa shape index (κ3) is 2.20. The summed E-state index contributed by atoms with van der Waals surface area (Å²) in [4.78, 5) is 23.6. The van der Waals surface area contributed by atoms with Crippen LogP contribution in [0.4, 0.5) is 0 Å². The normalized spacial score (nSPS) is 33.8. The smallest absolute Gasteiger partial charge is 0.310 e. The van der Waals surface area contributed by atoms with Crippen LogP contribution in [0.2, 0.25) is 0 Å². The molecule has 17 heavy (non-hydrogen) atoms. The number of carbonyl (C=O) groups is 2. The summed E-state index contributed by atoms with van der Waals surface area (Å²) in [6.07, 6.45) is 4.85. The number of rotatable bonds is 4. The average molecular weight is 255 g/mol. The van der Waals surface area contributed by atoms with Crippen molar-refractivity contribution in [3.63, 3.8) is 0 Å². The lowest BCUT2D eigenvalue weighted by molar-refractivity contribution is -0.159. The van der Waals surface area contributed by atoms with E-state index in [1.54, 1.807) is 0 Å². The summed E-state index contributed by atoms with van der Waals surface area (Å²) in [5.41, 5.74) is 0. The van der Waals surface area contributed by atoms with Crippen LogP contribution in [-0.4, -0.2) is 31.4 Å². The van der Waals surface area contributed by atoms with Gasteiger partial charge in [-0.15, -0.1) is 5.75 Å². The minimum atomic E-state index is -0.390. The topological polar surface area (TPSA) is 52.6 Å². The Balaban J connectivity index is 2.11. The minimum absolute atomic E-state index is 0.113. The van der Waals surface area contributed by atoms with Crippen LogP contribution in [0.15, 0.2) is 12.2 Å². The standard InChI is InChI=1S/C12H16O4S/c1-15-11(13)9-7-2-3-8(6-7)10(9)12(14)16-4-5-17/h2-3,7-10,17H,4-6H2,1H3/p-1. The number of fused-ring (bicyclic) bond motifs is 2. The zero-order chi connectivity index (χ0) is 12.4. The van der Waals surface area contributed by atoms with E-state index in [0.29, 0.717) is 5.75 Å². The van der Waals surface area contributed by atoms with E-state index in [1.807, 2.05) is 12.2 Å². The number of ether oxygens (including phenoxy) is 2. The second-order valence-corrected chi connectivity index (χ2v) is 4.80. The molecule has 4 unspecified atom stereocenters. The van der Waals surface area contributed by atoms with Crippen molar-refractivity contribution in [2.75, 3.05) is 19.5 Å². The molecule has 0 radical (unpaired) electrons. The van der Waals surface area contributed by atoms with Gasteiger partial charge in [-0.05, 0) is 18.3 Å². The summed E-state index contributed by atoms with van der Waals surface area (Å²) in [5.74, 6) is -0.795. The van der Waals surface area contributed by atoms with Crippen molar-refractivity contribution in [2.45, 2.75) is 6.42 Å². The fourth-order valence-corrected chi connectivity index (χ4v) is 2.92. The Morgan fingerprint density at radius 2 is 1.82 bits per heavy atom. The van der Waals surface area contributed by atoms with Gasteiger partial charge < -0.3 is 22.1 Å². The molecule has 0 aliphatic heterocycles. The molecule has 4 nitrogen and oxygen atoms in total. The molecule has 0 amide bonds. The first-order chi connectivity index (χ1) is 8.19. The molecule has 1 fully saturated rings. The van der Waals surface area contributed by atoms with Crippen LogP contribution in [0.1, 0.15) is 6.42 Å². The van der Waals surface area contributed by atoms with E-state index in [2.05, 4.69) is 0 Å². The first kappa shape index (κ1) is 12.5. The molecule has 2 aliphatic rings. The molecule has 0 N–H and O–H groups in total. The van der Waals surface area contributed by atoms with E-state index in [9.17, 15) is 9.59 Å². The molecule has 0 heterocycles. The van der Waals surface area contributed by atoms with Gasteiger partial charge in [0.15, 0.2) is 0 Å². The van der Waals surface area contributed by atoms with Gasteiger partial charge in [0, 0.05) is 0 Å². The van der Waals surface area contributed by atoms with Gasteiger partial charge in [-0.2, -0.15) is 0 Å². The second-order valence-electron chi connectivity index (χ2n) is 4.39. The van der Waals surface area contributed by atoms with Crippen molar-refractivity contribution < 1.29 is 19.1 Å². The third-order valence-corrected chi connectivity index (χ3v) is 3.70. The van der Waals surface area contributed by atoms with Crippen LogP contribution >= 0.6 is 0 Å². The molecule has 0 aromatic heterocycles. The van der Waals surface area contributed by atoms with Crippen LogP contribution < -0.4 is 0 Å². The van der Waals surface area contributed by atoms with Crippen LogP contribution in [0.5, 0.6) is 0 Å². The van der Waals surface area contributed by atoms with Crippen LogP contribution in [0.25, 0.3) is 0 Å². The molecule has 0 aromatic carbocycles. The summed E-state index contributed by atoms with van der Waals surface area (Å²) < 4.78 is 9.84. The van der Waals surface area contributed by atoms with Gasteiger partial charge >= 0.3 is 11.9 Å². The highest BCUT2D eigenvalue weighted by molar-refractivity contribution is 7.58. The highest BCUT2D eigenvalue weighted by Crippen LogP contribution is 2.48. The monoisotopic (exact) mass is 255 g/mol. The van der Waals surface area contributed by atoms with Gasteiger partial charge in [-0.25, -0.2) is 0 Å². The van der Waals surface area contributed by atoms with Crippen molar-refractivity contribution in [1.82, 2.24) is 0 Å². The highest BCUT2D eigenvalue weighted by Gasteiger charge is 2.52. The van der Waals surface area contributed by atoms with Gasteiger partial charge in [-0.1, -0.05) is 12.2 Å². The molecule has 5 heteroatoms. The van der Waals surface area contributed by atoms with Crippen LogP contribution in [0.3, 0.4) is 0 Å². The van der Waals surface area contributed by atoms with Crippen molar-refractivity contribution in [1.29, 1.82) is 0 Å². The van der Waals surface area contributed by atoms with Gasteiger partial charge in [0.05, 0.1) is 25.6 Å². The maximum absolute atomic E-state index is 11.9. The second kappa shape index (κ2) is 5.12. The first-order valence-electron chi connectivity index (χ1n) is 5.70. The van der Waals surface area contributed by atoms with Crippen molar-refractivity contribution in [3.8, 4) is 0 Å². The number of esters is 2. The Morgan fingerprint density at radius 1 is 1.24 bits per heavy atom. The molecule has 2 rings (SSSR count). The maximum atomic E-state index is 11.9. The molecular formula is C12H15O4S-. The van der Waals surface area contributed by atoms with Gasteiger partial charge in [0.25, 0.3) is 0 Å². The van der Waals surface area contributed by atoms with Crippen molar-refractivity contribution >= 4 is 24.6 Å². The van der Waals surface area contributed by atoms with Crippen LogP contribution in [-0.2, 0) is 31.7 Å². The third-order valence-electron chi connectivity index (χ3n) is 3.53. The van der Waals surface area contributed by atoms with E-state index in [1.165, 1.54) is 7.11 Å². The first-order valence-corrected chi connectivity index (χ1v) is 6.27. The minimum Gasteiger partial charge on any atom is -0.789 e. The average Bonchev–Trinajstić information content (AvgIpc) is 2.94. The predicted molar refractivity (Wildman–Crippen MR) is 62.9 cm³/mol. The molecule has 1 saturated carbocycles. The molecular weight excluding hydrogens is 240 g/mol. The Hall–Kier alpha value is -0.970. The number of allylic oxidation sites excluding steroid dienone is 2. The summed E-state index contributed by atoms with van der Waals surface area (Å²) in [7, 11) is 1.35. The summed E-state index contributed by atoms with van der Waals surface area (Å²) in [6.45, 7) is 0.236. The van der Waals surface area contributed by atoms with Gasteiger partial charge in [0.2, 0.25) is 0 Å². The molecule has 4 atom stereocenters. The van der Waals surface area contributed by atoms with Gasteiger partial charge in [-0.3, -0.25) is 9.59 Å². The Bertz CT molecular complexity index is 352. The largest absolute Gasteiger partial charge is 0.789 e. The molecule has 2 bridgehead atoms. The number of methoxy groups -OCH3 is 1. The Labute approximate surface area is 106 Å². The lowest BCUT2D eigenvalue weighted by Crippen LogP contribution is -2.35. The molecule has 94 valence electrons. The van der Waals surface area contributed by atoms with E-state index in [4.69, 9.17) is 22.1 Å². The maximum Gasteiger partial charge on any atom is 0.310 e. The lowest BCUT2D eigenvalue weighted by atomic mass is 9.83. The van der Waals surface area contributed by atoms with E-state index in [0.717, 1.165) is 6.42 Å². The SMILES string of the molecule is COC(=O)C1C2C=CC(C2)C1C(=O)OCC[S-]. The van der Waals surface area contributed by atoms with E-state index in [-0.39, 0.29) is 42.2 Å². The van der Waals surface area contributed by atoms with Crippen molar-refractivity contribution in [2.24, 2.45) is 23.7 Å². The fourth-order valence-electron chi connectivity index (χ4n) is 2.84. The quantitative estimate of drug-likeness (QED) is 0.420. The molecule has 0 spiro atoms. The Morgan fingerprint density at radius 3 is 2.35 bits per heavy atom.